The van der Waals surface area contributed by atoms with Crippen LogP contribution in [0.1, 0.15) is 6.42 Å². The maximum Gasteiger partial charge on any atom is 0.320 e. The Bertz CT molecular complexity index is 237. The number of allylic oxidation sites excluding steroid dienone is 2. The van der Waals surface area contributed by atoms with Crippen molar-refractivity contribution < 1.29 is 9.90 Å². The molecule has 12 heavy (non-hydrogen) atoms. The van der Waals surface area contributed by atoms with E-state index in [2.05, 4.69) is 11.4 Å². The lowest BCUT2D eigenvalue weighted by Crippen LogP contribution is -2.35. The minimum atomic E-state index is -0.744. The first-order chi connectivity index (χ1) is 5.77. The fraction of sp³-hybridized carbons (Fsp3) is 0.444. The number of hydrogen-bond donors (Lipinski definition) is 2. The first kappa shape index (κ1) is 7.55. The van der Waals surface area contributed by atoms with E-state index in [4.69, 9.17) is 5.11 Å². The van der Waals surface area contributed by atoms with Crippen LogP contribution >= 0.6 is 0 Å². The van der Waals surface area contributed by atoms with Gasteiger partial charge in [-0.3, -0.25) is 10.1 Å². The van der Waals surface area contributed by atoms with Crippen molar-refractivity contribution in [1.82, 2.24) is 5.32 Å². The molecule has 0 unspecified atom stereocenters. The monoisotopic (exact) mass is 165 g/mol. The van der Waals surface area contributed by atoms with Crippen molar-refractivity contribution in [3.8, 4) is 0 Å². The summed E-state index contributed by atoms with van der Waals surface area (Å²) >= 11 is 0. The van der Waals surface area contributed by atoms with Gasteiger partial charge >= 0.3 is 5.97 Å². The van der Waals surface area contributed by atoms with E-state index in [1.807, 2.05) is 18.2 Å². The summed E-state index contributed by atoms with van der Waals surface area (Å²) in [5.41, 5.74) is 0. The molecular weight excluding hydrogens is 154 g/mol. The summed E-state index contributed by atoms with van der Waals surface area (Å²) < 4.78 is 0. The molecule has 2 N–H and O–H groups in total. The molecule has 1 aliphatic heterocycles. The van der Waals surface area contributed by atoms with Gasteiger partial charge in [0.05, 0.1) is 0 Å². The second-order valence-electron chi connectivity index (χ2n) is 3.25. The molecule has 3 heteroatoms. The molecule has 3 atom stereocenters. The molecule has 0 aromatic heterocycles. The fourth-order valence-corrected chi connectivity index (χ4v) is 1.80. The minimum Gasteiger partial charge on any atom is -0.480 e. The molecule has 0 bridgehead atoms. The number of nitrogens with one attached hydrogen (secondary N) is 1. The molecule has 0 spiro atoms. The van der Waals surface area contributed by atoms with Crippen molar-refractivity contribution in [3.05, 3.63) is 24.3 Å². The van der Waals surface area contributed by atoms with Gasteiger partial charge in [0.1, 0.15) is 6.04 Å². The Kier molecular flexibility index (Phi) is 1.73. The number of carbonyl (C=O) groups is 1. The van der Waals surface area contributed by atoms with Gasteiger partial charge in [-0.2, -0.15) is 0 Å². The van der Waals surface area contributed by atoms with Gasteiger partial charge in [-0.25, -0.2) is 0 Å². The molecule has 2 rings (SSSR count). The SMILES string of the molecule is O=C(O)[C@@H]1C[C@@H]2C=CC=C[C@@H]2N1. The van der Waals surface area contributed by atoms with Crippen molar-refractivity contribution in [2.45, 2.75) is 18.5 Å². The molecule has 0 aromatic rings. The highest BCUT2D eigenvalue weighted by Gasteiger charge is 2.34. The molecule has 1 heterocycles. The molecule has 1 fully saturated rings. The largest absolute Gasteiger partial charge is 0.480 e. The van der Waals surface area contributed by atoms with Gasteiger partial charge in [-0.1, -0.05) is 24.3 Å². The Labute approximate surface area is 70.8 Å². The Balaban J connectivity index is 2.10. The average Bonchev–Trinajstić information content (AvgIpc) is 2.46. The van der Waals surface area contributed by atoms with E-state index in [0.717, 1.165) is 0 Å². The summed E-state index contributed by atoms with van der Waals surface area (Å²) in [6.45, 7) is 0. The third kappa shape index (κ3) is 1.16. The van der Waals surface area contributed by atoms with Crippen molar-refractivity contribution in [2.24, 2.45) is 5.92 Å². The van der Waals surface area contributed by atoms with Crippen molar-refractivity contribution >= 4 is 5.97 Å². The first-order valence-corrected chi connectivity index (χ1v) is 4.11. The molecule has 1 saturated heterocycles. The van der Waals surface area contributed by atoms with Crippen molar-refractivity contribution in [3.63, 3.8) is 0 Å². The van der Waals surface area contributed by atoms with E-state index in [9.17, 15) is 4.79 Å². The van der Waals surface area contributed by atoms with Crippen LogP contribution in [0.15, 0.2) is 24.3 Å². The zero-order valence-corrected chi connectivity index (χ0v) is 6.60. The number of carboxylic acids is 1. The van der Waals surface area contributed by atoms with Crippen LogP contribution in [0.2, 0.25) is 0 Å². The topological polar surface area (TPSA) is 49.3 Å². The molecule has 3 nitrogen and oxygen atoms in total. The highest BCUT2D eigenvalue weighted by atomic mass is 16.4. The summed E-state index contributed by atoms with van der Waals surface area (Å²) in [5, 5.41) is 11.8. The van der Waals surface area contributed by atoms with Gasteiger partial charge in [-0.05, 0) is 12.3 Å². The third-order valence-electron chi connectivity index (χ3n) is 2.45. The van der Waals surface area contributed by atoms with Gasteiger partial charge in [0.15, 0.2) is 0 Å². The smallest absolute Gasteiger partial charge is 0.320 e. The summed E-state index contributed by atoms with van der Waals surface area (Å²) in [7, 11) is 0. The van der Waals surface area contributed by atoms with Crippen LogP contribution in [0.5, 0.6) is 0 Å². The molecule has 64 valence electrons. The van der Waals surface area contributed by atoms with Crippen LogP contribution in [0.4, 0.5) is 0 Å². The lowest BCUT2D eigenvalue weighted by Gasteiger charge is -2.13. The average molecular weight is 165 g/mol. The van der Waals surface area contributed by atoms with Crippen LogP contribution in [-0.4, -0.2) is 23.2 Å². The Morgan fingerprint density at radius 2 is 2.17 bits per heavy atom. The van der Waals surface area contributed by atoms with Crippen molar-refractivity contribution in [1.29, 1.82) is 0 Å². The quantitative estimate of drug-likeness (QED) is 0.596. The summed E-state index contributed by atoms with van der Waals surface area (Å²) in [6, 6.07) is -0.136. The predicted molar refractivity (Wildman–Crippen MR) is 44.7 cm³/mol. The van der Waals surface area contributed by atoms with Crippen LogP contribution in [0.25, 0.3) is 0 Å². The normalized spacial score (nSPS) is 38.2. The van der Waals surface area contributed by atoms with Gasteiger partial charge in [0.25, 0.3) is 0 Å². The highest BCUT2D eigenvalue weighted by molar-refractivity contribution is 5.74. The standard InChI is InChI=1S/C9H11NO2/c11-9(12)8-5-6-3-1-2-4-7(6)10-8/h1-4,6-8,10H,5H2,(H,11,12)/t6-,7-,8-/m0/s1. The predicted octanol–water partition coefficient (Wildman–Crippen LogP) is 0.544. The summed E-state index contributed by atoms with van der Waals surface area (Å²) in [6.07, 6.45) is 8.74. The van der Waals surface area contributed by atoms with E-state index >= 15 is 0 Å². The lowest BCUT2D eigenvalue weighted by molar-refractivity contribution is -0.139. The Morgan fingerprint density at radius 3 is 2.83 bits per heavy atom. The van der Waals surface area contributed by atoms with Crippen LogP contribution in [0, 0.1) is 5.92 Å². The number of aliphatic carboxylic acids is 1. The molecule has 2 aliphatic rings. The maximum atomic E-state index is 10.6. The lowest BCUT2D eigenvalue weighted by atomic mass is 9.95. The van der Waals surface area contributed by atoms with Crippen LogP contribution in [-0.2, 0) is 4.79 Å². The first-order valence-electron chi connectivity index (χ1n) is 4.11. The minimum absolute atomic E-state index is 0.232. The van der Waals surface area contributed by atoms with Gasteiger partial charge in [0.2, 0.25) is 0 Å². The number of hydrogen-bond acceptors (Lipinski definition) is 2. The third-order valence-corrected chi connectivity index (χ3v) is 2.45. The van der Waals surface area contributed by atoms with Crippen LogP contribution in [0.3, 0.4) is 0 Å². The van der Waals surface area contributed by atoms with E-state index in [1.165, 1.54) is 0 Å². The van der Waals surface area contributed by atoms with Crippen LogP contribution < -0.4 is 5.32 Å². The zero-order chi connectivity index (χ0) is 8.55. The van der Waals surface area contributed by atoms with E-state index in [1.54, 1.807) is 0 Å². The van der Waals surface area contributed by atoms with E-state index in [0.29, 0.717) is 12.3 Å². The summed E-state index contributed by atoms with van der Waals surface area (Å²) in [4.78, 5) is 10.6. The van der Waals surface area contributed by atoms with E-state index in [-0.39, 0.29) is 12.1 Å². The molecule has 0 aromatic carbocycles. The number of carboxylic acid groups (broad SMARTS) is 1. The molecule has 0 radical (unpaired) electrons. The number of fused-ring (bicyclic) bond motifs is 1. The molecule has 0 amide bonds. The van der Waals surface area contributed by atoms with Crippen molar-refractivity contribution in [2.75, 3.05) is 0 Å². The van der Waals surface area contributed by atoms with Gasteiger partial charge in [0, 0.05) is 6.04 Å². The summed E-state index contributed by atoms with van der Waals surface area (Å²) in [5.74, 6) is -0.373. The Hall–Kier alpha value is -1.09. The fourth-order valence-electron chi connectivity index (χ4n) is 1.80. The second kappa shape index (κ2) is 2.75. The zero-order valence-electron chi connectivity index (χ0n) is 6.60. The number of rotatable bonds is 1. The maximum absolute atomic E-state index is 10.6. The highest BCUT2D eigenvalue weighted by Crippen LogP contribution is 2.25. The van der Waals surface area contributed by atoms with Gasteiger partial charge < -0.3 is 5.11 Å². The molecule has 0 saturated carbocycles. The molecule has 1 aliphatic carbocycles. The Morgan fingerprint density at radius 1 is 1.42 bits per heavy atom. The second-order valence-corrected chi connectivity index (χ2v) is 3.25. The molecular formula is C9H11NO2. The van der Waals surface area contributed by atoms with Gasteiger partial charge in [-0.15, -0.1) is 0 Å². The van der Waals surface area contributed by atoms with E-state index < -0.39 is 5.97 Å².